The summed E-state index contributed by atoms with van der Waals surface area (Å²) in [6, 6.07) is -3.15. The molecule has 0 aromatic carbocycles. The summed E-state index contributed by atoms with van der Waals surface area (Å²) in [5.74, 6) is -3.06. The van der Waals surface area contributed by atoms with Gasteiger partial charge in [-0.15, -0.1) is 0 Å². The maximum Gasteiger partial charge on any atom is 1.00 e. The van der Waals surface area contributed by atoms with Crippen LogP contribution in [0.1, 0.15) is 60.8 Å². The van der Waals surface area contributed by atoms with Crippen LogP contribution in [0.2, 0.25) is 0 Å². The van der Waals surface area contributed by atoms with Gasteiger partial charge in [-0.1, -0.05) is 78.9 Å². The predicted molar refractivity (Wildman–Crippen MR) is 103 cm³/mol. The number of aliphatic carboxylic acids is 3. The van der Waals surface area contributed by atoms with Crippen molar-refractivity contribution in [2.24, 2.45) is 17.8 Å². The van der Waals surface area contributed by atoms with E-state index in [0.29, 0.717) is 19.3 Å². The Morgan fingerprint density at radius 3 is 0.759 bits per heavy atom. The van der Waals surface area contributed by atoms with E-state index in [0.717, 1.165) is 0 Å². The molecule has 166 valence electrons. The second-order valence-electron chi connectivity index (χ2n) is 7.50. The van der Waals surface area contributed by atoms with Crippen molar-refractivity contribution in [3.63, 3.8) is 0 Å². The van der Waals surface area contributed by atoms with Gasteiger partial charge in [0.25, 0.3) is 0 Å². The van der Waals surface area contributed by atoms with Gasteiger partial charge >= 0.3 is 29.6 Å². The van der Waals surface area contributed by atoms with Crippen LogP contribution in [-0.2, 0) is 14.4 Å². The molecular weight excluding hydrogens is 450 g/mol. The number of rotatable bonds is 9. The molecule has 0 rings (SSSR count). The Labute approximate surface area is 207 Å². The maximum absolute atomic E-state index is 9.94. The summed E-state index contributed by atoms with van der Waals surface area (Å²) in [5.41, 5.74) is 20.7. The molecule has 0 aliphatic carbocycles. The van der Waals surface area contributed by atoms with Crippen LogP contribution in [-0.4, -0.2) is 53.6 Å². The molecule has 0 aliphatic rings. The van der Waals surface area contributed by atoms with Crippen molar-refractivity contribution in [3.8, 4) is 0 Å². The topological polar surface area (TPSA) is 192 Å². The first-order valence-corrected chi connectivity index (χ1v) is 8.87. The second-order valence-corrected chi connectivity index (χ2v) is 7.50. The van der Waals surface area contributed by atoms with Crippen LogP contribution in [0.4, 0.5) is 0 Å². The molecule has 0 aromatic rings. The summed E-state index contributed by atoms with van der Waals surface area (Å²) in [7, 11) is 0. The number of nitrogens with one attached hydrogen (secondary N) is 3. The number of hydrogen-bond donors (Lipinski definition) is 0. The minimum Gasteiger partial charge on any atom is -0.670 e. The fourth-order valence-corrected chi connectivity index (χ4v) is 1.70. The number of carboxylic acid groups (broad SMARTS) is 3. The normalized spacial score (nSPS) is 12.8. The van der Waals surface area contributed by atoms with E-state index in [4.69, 9.17) is 17.2 Å². The van der Waals surface area contributed by atoms with E-state index >= 15 is 0 Å². The molecule has 0 fully saturated rings. The predicted octanol–water partition coefficient (Wildman–Crippen LogP) is -2.77. The minimum atomic E-state index is -1.27. The van der Waals surface area contributed by atoms with Crippen molar-refractivity contribution < 1.29 is 59.3 Å². The molecule has 0 aliphatic heterocycles. The van der Waals surface area contributed by atoms with Crippen LogP contribution in [0.3, 0.4) is 0 Å². The Morgan fingerprint density at radius 1 is 0.586 bits per heavy atom. The summed E-state index contributed by atoms with van der Waals surface area (Å²) in [4.78, 5) is 29.8. The molecule has 3 atom stereocenters. The molecule has 29 heavy (non-hydrogen) atoms. The van der Waals surface area contributed by atoms with Crippen molar-refractivity contribution in [2.75, 3.05) is 0 Å². The van der Waals surface area contributed by atoms with E-state index in [2.05, 4.69) is 0 Å². The van der Waals surface area contributed by atoms with Crippen molar-refractivity contribution in [1.82, 2.24) is 0 Å². The Bertz CT molecular complexity index is 378. The van der Waals surface area contributed by atoms with Gasteiger partial charge in [-0.25, -0.2) is 0 Å². The van der Waals surface area contributed by atoms with Gasteiger partial charge in [0.05, 0.1) is 0 Å². The Hall–Kier alpha value is -0.167. The average molecular weight is 483 g/mol. The third-order valence-electron chi connectivity index (χ3n) is 2.97. The summed E-state index contributed by atoms with van der Waals surface area (Å²) < 4.78 is 0. The molecule has 4 radical (unpaired) electrons. The standard InChI is InChI=1S/3C6H12NO2.Ge.Na/c3*1-4(2)3-5(7)6(8)9;;/h3*4-5,7H,3H2,1-2H3,(H,8,9);;/q3*-1;;+1/p-3. The molecule has 11 heteroatoms. The third kappa shape index (κ3) is 32.7. The number of carboxylic acids is 3. The molecule has 0 spiro atoms. The Kier molecular flexibility index (Phi) is 30.5. The van der Waals surface area contributed by atoms with Crippen LogP contribution < -0.4 is 44.9 Å². The minimum absolute atomic E-state index is 0. The van der Waals surface area contributed by atoms with Crippen molar-refractivity contribution in [2.45, 2.75) is 78.9 Å². The molecule has 0 heterocycles. The fraction of sp³-hybridized carbons (Fsp3) is 0.833. The molecule has 0 aromatic heterocycles. The van der Waals surface area contributed by atoms with Crippen LogP contribution in [0.15, 0.2) is 0 Å². The Morgan fingerprint density at radius 2 is 0.724 bits per heavy atom. The summed E-state index contributed by atoms with van der Waals surface area (Å²) in [6.45, 7) is 11.3. The van der Waals surface area contributed by atoms with Crippen LogP contribution in [0, 0.1) is 17.8 Å². The first kappa shape index (κ1) is 39.3. The van der Waals surface area contributed by atoms with Crippen molar-refractivity contribution in [1.29, 1.82) is 0 Å². The summed E-state index contributed by atoms with van der Waals surface area (Å²) in [6.07, 6.45) is 1.13. The molecule has 0 bridgehead atoms. The monoisotopic (exact) mass is 484 g/mol. The van der Waals surface area contributed by atoms with E-state index in [9.17, 15) is 29.7 Å². The van der Waals surface area contributed by atoms with E-state index in [1.807, 2.05) is 41.5 Å². The SMILES string of the molecule is CC(C)CC([NH-])C(=O)[O-].CC(C)CC([NH-])C(=O)[O-].CC(C)CC([NH-])C(=O)[O-].[Ge].[Na+]. The van der Waals surface area contributed by atoms with Gasteiger partial charge < -0.3 is 46.9 Å². The largest absolute Gasteiger partial charge is 1.00 e. The van der Waals surface area contributed by atoms with Gasteiger partial charge in [0.15, 0.2) is 0 Å². The zero-order valence-electron chi connectivity index (χ0n) is 18.5. The van der Waals surface area contributed by atoms with Gasteiger partial charge in [-0.05, 0) is 17.8 Å². The van der Waals surface area contributed by atoms with E-state index in [1.165, 1.54) is 0 Å². The van der Waals surface area contributed by atoms with Crippen LogP contribution >= 0.6 is 0 Å². The van der Waals surface area contributed by atoms with Gasteiger partial charge in [0.2, 0.25) is 0 Å². The van der Waals surface area contributed by atoms with Crippen LogP contribution in [0.5, 0.6) is 0 Å². The van der Waals surface area contributed by atoms with Gasteiger partial charge in [0, 0.05) is 35.5 Å². The quantitative estimate of drug-likeness (QED) is 0.319. The van der Waals surface area contributed by atoms with Gasteiger partial charge in [-0.3, -0.25) is 0 Å². The Balaban J connectivity index is -0.0000000960. The smallest absolute Gasteiger partial charge is 0.670 e. The van der Waals surface area contributed by atoms with Gasteiger partial charge in [0.1, 0.15) is 0 Å². The first-order chi connectivity index (χ1) is 12.1. The van der Waals surface area contributed by atoms with Crippen molar-refractivity contribution >= 4 is 35.5 Å². The number of carbonyl (C=O) groups excluding carboxylic acids is 3. The maximum atomic E-state index is 9.94. The molecule has 0 saturated heterocycles. The number of hydrogen-bond acceptors (Lipinski definition) is 6. The van der Waals surface area contributed by atoms with Crippen LogP contribution in [0.25, 0.3) is 17.2 Å². The average Bonchev–Trinajstić information content (AvgIpc) is 2.46. The van der Waals surface area contributed by atoms with Gasteiger partial charge in [-0.2, -0.15) is 0 Å². The molecule has 3 unspecified atom stereocenters. The van der Waals surface area contributed by atoms with E-state index in [1.54, 1.807) is 0 Å². The van der Waals surface area contributed by atoms with E-state index < -0.39 is 36.0 Å². The fourth-order valence-electron chi connectivity index (χ4n) is 1.70. The molecular formula is C18H33GeN3NaO6-5. The third-order valence-corrected chi connectivity index (χ3v) is 2.97. The zero-order chi connectivity index (χ0) is 22.3. The first-order valence-electron chi connectivity index (χ1n) is 8.87. The summed E-state index contributed by atoms with van der Waals surface area (Å²) >= 11 is 0. The van der Waals surface area contributed by atoms with Crippen molar-refractivity contribution in [3.05, 3.63) is 17.2 Å². The second kappa shape index (κ2) is 22.5. The molecule has 9 nitrogen and oxygen atoms in total. The van der Waals surface area contributed by atoms with E-state index in [-0.39, 0.29) is 64.9 Å². The number of carbonyl (C=O) groups is 3. The molecule has 0 amide bonds. The molecule has 3 N–H and O–H groups in total. The summed E-state index contributed by atoms with van der Waals surface area (Å²) in [5, 5.41) is 29.8. The molecule has 0 saturated carbocycles. The zero-order valence-corrected chi connectivity index (χ0v) is 22.6.